The number of carbonyl (C=O) groups excluding carboxylic acids is 2. The maximum atomic E-state index is 13.4. The van der Waals surface area contributed by atoms with Gasteiger partial charge in [0.05, 0.1) is 24.7 Å². The molecule has 0 saturated carbocycles. The Kier molecular flexibility index (Phi) is 8.76. The molecule has 9 heteroatoms. The van der Waals surface area contributed by atoms with Gasteiger partial charge in [0.2, 0.25) is 5.90 Å². The average molecular weight is 557 g/mol. The number of esters is 2. The second-order valence-corrected chi connectivity index (χ2v) is 9.34. The fourth-order valence-electron chi connectivity index (χ4n) is 3.84. The summed E-state index contributed by atoms with van der Waals surface area (Å²) in [5.41, 5.74) is 1.30. The second-order valence-electron chi connectivity index (χ2n) is 7.66. The molecule has 1 heterocycles. The largest absolute Gasteiger partial charge is 0.462 e. The number of rotatable bonds is 8. The number of halogens is 1. The number of nitrogens with zero attached hydrogens (tertiary/aromatic N) is 2. The highest BCUT2D eigenvalue weighted by atomic mass is 79.9. The van der Waals surface area contributed by atoms with E-state index in [4.69, 9.17) is 19.2 Å². The molecule has 0 N–H and O–H groups in total. The van der Waals surface area contributed by atoms with E-state index >= 15 is 0 Å². The molecule has 3 rings (SSSR count). The van der Waals surface area contributed by atoms with Gasteiger partial charge in [-0.2, -0.15) is 5.26 Å². The molecule has 2 aromatic rings. The summed E-state index contributed by atoms with van der Waals surface area (Å²) in [5, 5.41) is 11.4. The zero-order chi connectivity index (χ0) is 25.6. The van der Waals surface area contributed by atoms with Gasteiger partial charge in [-0.3, -0.25) is 0 Å². The average Bonchev–Trinajstić information content (AvgIpc) is 3.16. The van der Waals surface area contributed by atoms with E-state index < -0.39 is 17.5 Å². The molecule has 1 aliphatic heterocycles. The molecule has 0 radical (unpaired) electrons. The number of thioether (sulfide) groups is 1. The van der Waals surface area contributed by atoms with Gasteiger partial charge in [0, 0.05) is 10.0 Å². The molecule has 0 amide bonds. The van der Waals surface area contributed by atoms with E-state index in [-0.39, 0.29) is 36.0 Å². The molecule has 0 aromatic heterocycles. The van der Waals surface area contributed by atoms with Gasteiger partial charge < -0.3 is 14.2 Å². The number of para-hydroxylation sites is 1. The number of aliphatic imine (C=N–C) groups is 1. The van der Waals surface area contributed by atoms with Crippen molar-refractivity contribution in [1.82, 2.24) is 0 Å². The third-order valence-electron chi connectivity index (χ3n) is 5.40. The van der Waals surface area contributed by atoms with Gasteiger partial charge in [-0.15, -0.1) is 0 Å². The summed E-state index contributed by atoms with van der Waals surface area (Å²) >= 11 is 4.33. The van der Waals surface area contributed by atoms with Gasteiger partial charge in [-0.1, -0.05) is 46.3 Å². The smallest absolute Gasteiger partial charge is 0.344 e. The van der Waals surface area contributed by atoms with E-state index in [2.05, 4.69) is 15.9 Å². The van der Waals surface area contributed by atoms with Crippen molar-refractivity contribution in [3.8, 4) is 5.40 Å². The Balaban J connectivity index is 2.39. The van der Waals surface area contributed by atoms with E-state index in [1.165, 1.54) is 0 Å². The fraction of sp³-hybridized carbons (Fsp3) is 0.308. The van der Waals surface area contributed by atoms with E-state index in [1.54, 1.807) is 38.1 Å². The standard InChI is InChI=1S/C26H25BrN2O5S/c1-5-32-24(30)20-21(25(31)33-6-2)26(14-35-15-28,18-10-12-19(27)13-11-18)34-23(20)29-22-16(3)8-7-9-17(22)4/h7-13H,5-6,14H2,1-4H3. The first kappa shape index (κ1) is 26.5. The summed E-state index contributed by atoms with van der Waals surface area (Å²) in [7, 11) is 0. The number of aryl methyl sites for hydroxylation is 2. The molecule has 2 aromatic carbocycles. The number of hydrogen-bond donors (Lipinski definition) is 0. The summed E-state index contributed by atoms with van der Waals surface area (Å²) in [6.07, 6.45) is 0. The van der Waals surface area contributed by atoms with Crippen molar-refractivity contribution < 1.29 is 23.8 Å². The van der Waals surface area contributed by atoms with Crippen LogP contribution in [0.2, 0.25) is 0 Å². The Morgan fingerprint density at radius 1 is 1.06 bits per heavy atom. The van der Waals surface area contributed by atoms with E-state index in [0.717, 1.165) is 27.4 Å². The number of carbonyl (C=O) groups is 2. The first-order valence-corrected chi connectivity index (χ1v) is 12.8. The van der Waals surface area contributed by atoms with Crippen molar-refractivity contribution in [3.63, 3.8) is 0 Å². The van der Waals surface area contributed by atoms with Crippen LogP contribution in [0.5, 0.6) is 0 Å². The Labute approximate surface area is 217 Å². The van der Waals surface area contributed by atoms with E-state index in [9.17, 15) is 14.9 Å². The van der Waals surface area contributed by atoms with Gasteiger partial charge in [0.25, 0.3) is 0 Å². The summed E-state index contributed by atoms with van der Waals surface area (Å²) in [6, 6.07) is 12.8. The predicted octanol–water partition coefficient (Wildman–Crippen LogP) is 5.66. The Bertz CT molecular complexity index is 1210. The molecular formula is C26H25BrN2O5S. The third kappa shape index (κ3) is 5.44. The Morgan fingerprint density at radius 2 is 1.66 bits per heavy atom. The van der Waals surface area contributed by atoms with Crippen LogP contribution in [0.1, 0.15) is 30.5 Å². The first-order chi connectivity index (χ1) is 16.8. The van der Waals surface area contributed by atoms with Crippen LogP contribution in [0.15, 0.2) is 63.1 Å². The van der Waals surface area contributed by atoms with Crippen LogP contribution in [0.3, 0.4) is 0 Å². The normalized spacial score (nSPS) is 18.2. The topological polar surface area (TPSA) is 98.0 Å². The van der Waals surface area contributed by atoms with Gasteiger partial charge in [-0.25, -0.2) is 14.6 Å². The number of benzene rings is 2. The molecule has 0 spiro atoms. The summed E-state index contributed by atoms with van der Waals surface area (Å²) in [6.45, 7) is 7.32. The van der Waals surface area contributed by atoms with Crippen LogP contribution in [0.25, 0.3) is 0 Å². The van der Waals surface area contributed by atoms with Crippen LogP contribution < -0.4 is 0 Å². The van der Waals surface area contributed by atoms with Gasteiger partial charge in [0.15, 0.2) is 5.60 Å². The molecule has 35 heavy (non-hydrogen) atoms. The lowest BCUT2D eigenvalue weighted by Gasteiger charge is -2.30. The van der Waals surface area contributed by atoms with Crippen LogP contribution in [0.4, 0.5) is 5.69 Å². The maximum Gasteiger partial charge on any atom is 0.344 e. The van der Waals surface area contributed by atoms with Crippen LogP contribution in [-0.4, -0.2) is 36.8 Å². The zero-order valence-corrected chi connectivity index (χ0v) is 22.3. The summed E-state index contributed by atoms with van der Waals surface area (Å²) in [4.78, 5) is 31.4. The van der Waals surface area contributed by atoms with Crippen molar-refractivity contribution >= 4 is 51.2 Å². The van der Waals surface area contributed by atoms with Gasteiger partial charge >= 0.3 is 11.9 Å². The molecule has 0 fully saturated rings. The molecule has 0 aliphatic carbocycles. The summed E-state index contributed by atoms with van der Waals surface area (Å²) < 4.78 is 17.9. The Hall–Kier alpha value is -3.09. The van der Waals surface area contributed by atoms with Crippen LogP contribution >= 0.6 is 27.7 Å². The molecule has 7 nitrogen and oxygen atoms in total. The molecule has 1 aliphatic rings. The minimum absolute atomic E-state index is 0.0218. The highest BCUT2D eigenvalue weighted by molar-refractivity contribution is 9.10. The van der Waals surface area contributed by atoms with Gasteiger partial charge in [-0.05, 0) is 62.7 Å². The van der Waals surface area contributed by atoms with Gasteiger partial charge in [0.1, 0.15) is 16.5 Å². The minimum Gasteiger partial charge on any atom is -0.462 e. The molecule has 1 atom stereocenters. The highest BCUT2D eigenvalue weighted by Gasteiger charge is 2.54. The van der Waals surface area contributed by atoms with Crippen molar-refractivity contribution in [2.45, 2.75) is 33.3 Å². The predicted molar refractivity (Wildman–Crippen MR) is 138 cm³/mol. The Morgan fingerprint density at radius 3 is 2.23 bits per heavy atom. The molecular weight excluding hydrogens is 532 g/mol. The van der Waals surface area contributed by atoms with Crippen LogP contribution in [0, 0.1) is 24.5 Å². The molecule has 1 unspecified atom stereocenters. The number of thiocyanates is 1. The fourth-order valence-corrected chi connectivity index (χ4v) is 4.74. The second kappa shape index (κ2) is 11.6. The van der Waals surface area contributed by atoms with Crippen molar-refractivity contribution in [2.75, 3.05) is 19.0 Å². The molecule has 182 valence electrons. The van der Waals surface area contributed by atoms with E-state index in [0.29, 0.717) is 11.3 Å². The summed E-state index contributed by atoms with van der Waals surface area (Å²) in [5.74, 6) is -1.51. The number of nitriles is 1. The van der Waals surface area contributed by atoms with Crippen LogP contribution in [-0.2, 0) is 29.4 Å². The highest BCUT2D eigenvalue weighted by Crippen LogP contribution is 2.46. The lowest BCUT2D eigenvalue weighted by Crippen LogP contribution is -2.36. The monoisotopic (exact) mass is 556 g/mol. The first-order valence-electron chi connectivity index (χ1n) is 11.0. The lowest BCUT2D eigenvalue weighted by atomic mass is 9.86. The van der Waals surface area contributed by atoms with Crippen molar-refractivity contribution in [1.29, 1.82) is 5.26 Å². The van der Waals surface area contributed by atoms with Crippen molar-refractivity contribution in [3.05, 3.63) is 74.8 Å². The maximum absolute atomic E-state index is 13.4. The van der Waals surface area contributed by atoms with Crippen molar-refractivity contribution in [2.24, 2.45) is 4.99 Å². The lowest BCUT2D eigenvalue weighted by molar-refractivity contribution is -0.142. The quantitative estimate of drug-likeness (QED) is 0.305. The number of ether oxygens (including phenoxy) is 3. The zero-order valence-electron chi connectivity index (χ0n) is 19.9. The SMILES string of the molecule is CCOC(=O)C1=C(C(=O)OCC)C(CSC#N)(c2ccc(Br)cc2)OC1=Nc1c(C)cccc1C. The third-order valence-corrected chi connectivity index (χ3v) is 6.61. The molecule has 0 bridgehead atoms. The number of hydrogen-bond acceptors (Lipinski definition) is 8. The minimum atomic E-state index is -1.50. The molecule has 0 saturated heterocycles. The van der Waals surface area contributed by atoms with E-state index in [1.807, 2.05) is 37.4 Å².